The molecule has 0 saturated heterocycles. The lowest BCUT2D eigenvalue weighted by atomic mass is 9.78. The van der Waals surface area contributed by atoms with Gasteiger partial charge in [-0.05, 0) is 53.1 Å². The van der Waals surface area contributed by atoms with Crippen LogP contribution in [0.2, 0.25) is 0 Å². The summed E-state index contributed by atoms with van der Waals surface area (Å²) in [4.78, 5) is 11.6. The maximum absolute atomic E-state index is 11.6. The Morgan fingerprint density at radius 3 is 2.45 bits per heavy atom. The summed E-state index contributed by atoms with van der Waals surface area (Å²) < 4.78 is 0. The van der Waals surface area contributed by atoms with Crippen molar-refractivity contribution in [3.8, 4) is 16.9 Å². The molecule has 0 saturated carbocycles. The Labute approximate surface area is 118 Å². The van der Waals surface area contributed by atoms with Gasteiger partial charge in [0.25, 0.3) is 0 Å². The number of carbonyl (C=O) groups is 1. The SMILES string of the molecule is O=C1CCc2c(ccc3c2CCc2c(O)cccc2-3)C1. The number of rotatable bonds is 0. The fraction of sp³-hybridized carbons (Fsp3) is 0.278. The Balaban J connectivity index is 1.94. The molecular formula is C18H16O2. The highest BCUT2D eigenvalue weighted by Crippen LogP contribution is 2.40. The molecule has 0 spiro atoms. The van der Waals surface area contributed by atoms with Crippen LogP contribution < -0.4 is 0 Å². The number of hydrogen-bond donors (Lipinski definition) is 1. The second-order valence-electron chi connectivity index (χ2n) is 5.75. The van der Waals surface area contributed by atoms with Gasteiger partial charge in [0.2, 0.25) is 0 Å². The third-order valence-corrected chi connectivity index (χ3v) is 4.64. The van der Waals surface area contributed by atoms with Gasteiger partial charge in [0, 0.05) is 18.4 Å². The molecule has 2 aromatic carbocycles. The van der Waals surface area contributed by atoms with Crippen LogP contribution in [0.3, 0.4) is 0 Å². The first-order valence-corrected chi connectivity index (χ1v) is 7.20. The molecule has 0 aromatic heterocycles. The lowest BCUT2D eigenvalue weighted by Gasteiger charge is -2.26. The molecule has 0 heterocycles. The first-order valence-electron chi connectivity index (χ1n) is 7.20. The summed E-state index contributed by atoms with van der Waals surface area (Å²) in [5, 5.41) is 10.0. The molecule has 4 rings (SSSR count). The van der Waals surface area contributed by atoms with Crippen LogP contribution in [-0.2, 0) is 30.5 Å². The minimum atomic E-state index is 0.353. The van der Waals surface area contributed by atoms with Crippen molar-refractivity contribution < 1.29 is 9.90 Å². The van der Waals surface area contributed by atoms with Gasteiger partial charge in [-0.3, -0.25) is 4.79 Å². The molecule has 0 fully saturated rings. The van der Waals surface area contributed by atoms with Crippen molar-refractivity contribution in [1.82, 2.24) is 0 Å². The van der Waals surface area contributed by atoms with Crippen molar-refractivity contribution in [1.29, 1.82) is 0 Å². The second kappa shape index (κ2) is 4.20. The summed E-state index contributed by atoms with van der Waals surface area (Å²) in [6.07, 6.45) is 4.01. The predicted octanol–water partition coefficient (Wildman–Crippen LogP) is 3.22. The van der Waals surface area contributed by atoms with Crippen LogP contribution >= 0.6 is 0 Å². The highest BCUT2D eigenvalue weighted by Gasteiger charge is 2.25. The van der Waals surface area contributed by atoms with E-state index in [1.807, 2.05) is 6.07 Å². The van der Waals surface area contributed by atoms with Crippen molar-refractivity contribution in [3.63, 3.8) is 0 Å². The zero-order valence-electron chi connectivity index (χ0n) is 11.3. The number of Topliss-reactive ketones (excluding diaryl/α,β-unsaturated/α-hetero) is 1. The van der Waals surface area contributed by atoms with E-state index >= 15 is 0 Å². The molecule has 0 aliphatic heterocycles. The molecule has 1 N–H and O–H groups in total. The molecule has 100 valence electrons. The molecule has 20 heavy (non-hydrogen) atoms. The van der Waals surface area contributed by atoms with Crippen LogP contribution in [0.1, 0.15) is 28.7 Å². The molecule has 0 amide bonds. The van der Waals surface area contributed by atoms with E-state index in [1.54, 1.807) is 6.07 Å². The average molecular weight is 264 g/mol. The predicted molar refractivity (Wildman–Crippen MR) is 78.0 cm³/mol. The number of benzene rings is 2. The third kappa shape index (κ3) is 1.61. The molecule has 0 bridgehead atoms. The van der Waals surface area contributed by atoms with Crippen LogP contribution in [0.5, 0.6) is 5.75 Å². The van der Waals surface area contributed by atoms with Gasteiger partial charge >= 0.3 is 0 Å². The average Bonchev–Trinajstić information content (AvgIpc) is 2.46. The molecule has 2 aliphatic rings. The zero-order chi connectivity index (χ0) is 13.7. The van der Waals surface area contributed by atoms with Gasteiger partial charge in [-0.1, -0.05) is 24.3 Å². The van der Waals surface area contributed by atoms with Gasteiger partial charge in [-0.15, -0.1) is 0 Å². The van der Waals surface area contributed by atoms with E-state index in [4.69, 9.17) is 0 Å². The highest BCUT2D eigenvalue weighted by molar-refractivity contribution is 5.85. The van der Waals surface area contributed by atoms with Crippen LogP contribution in [0.4, 0.5) is 0 Å². The molecule has 2 aliphatic carbocycles. The van der Waals surface area contributed by atoms with E-state index < -0.39 is 0 Å². The Bertz CT molecular complexity index is 728. The fourth-order valence-electron chi connectivity index (χ4n) is 3.66. The van der Waals surface area contributed by atoms with Gasteiger partial charge in [-0.25, -0.2) is 0 Å². The highest BCUT2D eigenvalue weighted by atomic mass is 16.3. The Hall–Kier alpha value is -2.09. The summed E-state index contributed by atoms with van der Waals surface area (Å²) in [5.41, 5.74) is 7.46. The lowest BCUT2D eigenvalue weighted by Crippen LogP contribution is -2.17. The maximum atomic E-state index is 11.6. The summed E-state index contributed by atoms with van der Waals surface area (Å²) >= 11 is 0. The Kier molecular flexibility index (Phi) is 2.46. The summed E-state index contributed by atoms with van der Waals surface area (Å²) in [6.45, 7) is 0. The maximum Gasteiger partial charge on any atom is 0.137 e. The van der Waals surface area contributed by atoms with E-state index in [9.17, 15) is 9.90 Å². The normalized spacial score (nSPS) is 16.3. The van der Waals surface area contributed by atoms with Gasteiger partial charge in [0.1, 0.15) is 11.5 Å². The van der Waals surface area contributed by atoms with Crippen LogP contribution in [0, 0.1) is 0 Å². The van der Waals surface area contributed by atoms with Gasteiger partial charge < -0.3 is 5.11 Å². The van der Waals surface area contributed by atoms with E-state index in [0.29, 0.717) is 24.4 Å². The van der Waals surface area contributed by atoms with Crippen LogP contribution in [0.25, 0.3) is 11.1 Å². The number of fused-ring (bicyclic) bond motifs is 5. The monoisotopic (exact) mass is 264 g/mol. The molecule has 2 aromatic rings. The standard InChI is InChI=1S/C18H16O2/c19-12-5-7-13-11(10-12)4-6-16-14-2-1-3-18(20)17(14)9-8-15(13)16/h1-4,6,20H,5,7-10H2. The second-order valence-corrected chi connectivity index (χ2v) is 5.75. The van der Waals surface area contributed by atoms with Crippen LogP contribution in [0.15, 0.2) is 30.3 Å². The zero-order valence-corrected chi connectivity index (χ0v) is 11.3. The van der Waals surface area contributed by atoms with Crippen LogP contribution in [-0.4, -0.2) is 10.9 Å². The van der Waals surface area contributed by atoms with Crippen molar-refractivity contribution in [2.45, 2.75) is 32.1 Å². The van der Waals surface area contributed by atoms with E-state index in [1.165, 1.54) is 22.3 Å². The molecular weight excluding hydrogens is 248 g/mol. The number of phenols is 1. The summed E-state index contributed by atoms with van der Waals surface area (Å²) in [7, 11) is 0. The van der Waals surface area contributed by atoms with E-state index in [-0.39, 0.29) is 0 Å². The third-order valence-electron chi connectivity index (χ3n) is 4.64. The van der Waals surface area contributed by atoms with Gasteiger partial charge in [0.05, 0.1) is 0 Å². The minimum absolute atomic E-state index is 0.353. The molecule has 0 radical (unpaired) electrons. The van der Waals surface area contributed by atoms with E-state index in [0.717, 1.165) is 30.4 Å². The topological polar surface area (TPSA) is 37.3 Å². The van der Waals surface area contributed by atoms with Crippen molar-refractivity contribution >= 4 is 5.78 Å². The molecule has 0 unspecified atom stereocenters. The van der Waals surface area contributed by atoms with Crippen molar-refractivity contribution in [2.75, 3.05) is 0 Å². The Morgan fingerprint density at radius 1 is 0.800 bits per heavy atom. The fourth-order valence-corrected chi connectivity index (χ4v) is 3.66. The molecule has 2 heteroatoms. The first kappa shape index (κ1) is 11.7. The largest absolute Gasteiger partial charge is 0.508 e. The van der Waals surface area contributed by atoms with Gasteiger partial charge in [0.15, 0.2) is 0 Å². The van der Waals surface area contributed by atoms with Gasteiger partial charge in [-0.2, -0.15) is 0 Å². The molecule has 0 atom stereocenters. The van der Waals surface area contributed by atoms with E-state index in [2.05, 4.69) is 18.2 Å². The van der Waals surface area contributed by atoms with Crippen molar-refractivity contribution in [2.24, 2.45) is 0 Å². The Morgan fingerprint density at radius 2 is 1.55 bits per heavy atom. The van der Waals surface area contributed by atoms with Crippen molar-refractivity contribution in [3.05, 3.63) is 52.6 Å². The first-order chi connectivity index (χ1) is 9.74. The summed E-state index contributed by atoms with van der Waals surface area (Å²) in [5.74, 6) is 0.757. The number of carbonyl (C=O) groups excluding carboxylic acids is 1. The summed E-state index contributed by atoms with van der Waals surface area (Å²) in [6, 6.07) is 10.00. The lowest BCUT2D eigenvalue weighted by molar-refractivity contribution is -0.118. The number of aromatic hydroxyl groups is 1. The quantitative estimate of drug-likeness (QED) is 0.793. The molecule has 2 nitrogen and oxygen atoms in total. The number of hydrogen-bond acceptors (Lipinski definition) is 2. The number of ketones is 1. The minimum Gasteiger partial charge on any atom is -0.508 e. The number of phenolic OH excluding ortho intramolecular Hbond substituents is 1. The smallest absolute Gasteiger partial charge is 0.137 e.